The van der Waals surface area contributed by atoms with Crippen LogP contribution in [0.3, 0.4) is 0 Å². The van der Waals surface area contributed by atoms with Gasteiger partial charge in [-0.1, -0.05) is 20.8 Å². The highest BCUT2D eigenvalue weighted by atomic mass is 16.5. The molecule has 56 valence electrons. The van der Waals surface area contributed by atoms with Crippen molar-refractivity contribution in [1.29, 1.82) is 0 Å². The van der Waals surface area contributed by atoms with Crippen molar-refractivity contribution in [2.75, 3.05) is 6.61 Å². The van der Waals surface area contributed by atoms with Crippen LogP contribution in [0.15, 0.2) is 0 Å². The molecular weight excluding hydrogens is 116 g/mol. The zero-order valence-electron chi connectivity index (χ0n) is 6.42. The van der Waals surface area contributed by atoms with Gasteiger partial charge in [0.05, 0.1) is 12.7 Å². The summed E-state index contributed by atoms with van der Waals surface area (Å²) < 4.78 is 4.94. The second-order valence-electron chi connectivity index (χ2n) is 1.85. The quantitative estimate of drug-likeness (QED) is 0.580. The van der Waals surface area contributed by atoms with E-state index in [9.17, 15) is 0 Å². The Balaban J connectivity index is 0.000000291. The molecule has 0 aromatic heterocycles. The maximum Gasteiger partial charge on any atom is 0.103 e. The van der Waals surface area contributed by atoms with Crippen LogP contribution < -0.4 is 0 Å². The summed E-state index contributed by atoms with van der Waals surface area (Å²) in [5.74, 6) is 0. The number of hydrogen-bond acceptors (Lipinski definition) is 2. The summed E-state index contributed by atoms with van der Waals surface area (Å²) in [6, 6.07) is 0. The maximum absolute atomic E-state index is 8.78. The molecule has 1 aliphatic heterocycles. The molecule has 1 fully saturated rings. The Labute approximate surface area is 56.8 Å². The van der Waals surface area contributed by atoms with Crippen molar-refractivity contribution in [3.63, 3.8) is 0 Å². The average Bonchev–Trinajstić information content (AvgIpc) is 1.91. The van der Waals surface area contributed by atoms with Gasteiger partial charge in [-0.15, -0.1) is 0 Å². The molecule has 0 saturated carbocycles. The van der Waals surface area contributed by atoms with Gasteiger partial charge < -0.3 is 9.84 Å². The van der Waals surface area contributed by atoms with E-state index in [-0.39, 0.29) is 12.2 Å². The summed E-state index contributed by atoms with van der Waals surface area (Å²) in [5, 5.41) is 8.78. The number of aliphatic hydroxyl groups is 1. The van der Waals surface area contributed by atoms with Gasteiger partial charge in [-0.05, 0) is 6.42 Å². The van der Waals surface area contributed by atoms with Gasteiger partial charge in [-0.2, -0.15) is 0 Å². The number of hydrogen-bond donors (Lipinski definition) is 1. The first-order chi connectivity index (χ1) is 4.34. The zero-order valence-corrected chi connectivity index (χ0v) is 6.42. The van der Waals surface area contributed by atoms with E-state index >= 15 is 0 Å². The molecule has 0 aliphatic carbocycles. The lowest BCUT2D eigenvalue weighted by Crippen LogP contribution is -2.43. The number of aliphatic hydroxyl groups excluding tert-OH is 1. The summed E-state index contributed by atoms with van der Waals surface area (Å²) in [6.45, 7) is 6.55. The lowest BCUT2D eigenvalue weighted by atomic mass is 10.1. The number of ether oxygens (including phenoxy) is 1. The standard InChI is InChI=1S/C5H10O2.C2H6/c1-2-5-4(6)3-7-5;1-2/h4-6H,2-3H2,1H3;1-2H3. The van der Waals surface area contributed by atoms with Crippen molar-refractivity contribution in [3.8, 4) is 0 Å². The monoisotopic (exact) mass is 132 g/mol. The Morgan fingerprint density at radius 2 is 2.11 bits per heavy atom. The van der Waals surface area contributed by atoms with Crippen LogP contribution in [-0.4, -0.2) is 23.9 Å². The van der Waals surface area contributed by atoms with Crippen LogP contribution in [0.5, 0.6) is 0 Å². The summed E-state index contributed by atoms with van der Waals surface area (Å²) in [6.07, 6.45) is 0.895. The van der Waals surface area contributed by atoms with Crippen LogP contribution in [0.25, 0.3) is 0 Å². The molecule has 9 heavy (non-hydrogen) atoms. The fourth-order valence-corrected chi connectivity index (χ4v) is 0.708. The normalized spacial score (nSPS) is 32.0. The first-order valence-electron chi connectivity index (χ1n) is 3.64. The summed E-state index contributed by atoms with van der Waals surface area (Å²) in [7, 11) is 0. The molecule has 1 rings (SSSR count). The van der Waals surface area contributed by atoms with Crippen LogP contribution in [-0.2, 0) is 4.74 Å². The molecule has 2 heteroatoms. The Morgan fingerprint density at radius 3 is 2.11 bits per heavy atom. The molecule has 1 saturated heterocycles. The molecule has 0 aromatic carbocycles. The van der Waals surface area contributed by atoms with Crippen molar-refractivity contribution in [2.24, 2.45) is 0 Å². The van der Waals surface area contributed by atoms with Gasteiger partial charge in [0.2, 0.25) is 0 Å². The minimum atomic E-state index is -0.176. The molecular formula is C7H16O2. The molecule has 0 aromatic rings. The molecule has 2 atom stereocenters. The van der Waals surface area contributed by atoms with E-state index < -0.39 is 0 Å². The van der Waals surface area contributed by atoms with E-state index in [0.29, 0.717) is 6.61 Å². The van der Waals surface area contributed by atoms with E-state index in [1.165, 1.54) is 0 Å². The SMILES string of the molecule is CC.CCC1OCC1O. The lowest BCUT2D eigenvalue weighted by molar-refractivity contribution is -0.162. The first-order valence-corrected chi connectivity index (χ1v) is 3.64. The molecule has 0 spiro atoms. The minimum Gasteiger partial charge on any atom is -0.388 e. The van der Waals surface area contributed by atoms with Crippen molar-refractivity contribution >= 4 is 0 Å². The van der Waals surface area contributed by atoms with Crippen LogP contribution in [0, 0.1) is 0 Å². The van der Waals surface area contributed by atoms with Crippen LogP contribution in [0.1, 0.15) is 27.2 Å². The van der Waals surface area contributed by atoms with Crippen molar-refractivity contribution in [3.05, 3.63) is 0 Å². The van der Waals surface area contributed by atoms with Gasteiger partial charge in [-0.25, -0.2) is 0 Å². The molecule has 1 heterocycles. The van der Waals surface area contributed by atoms with Gasteiger partial charge in [0.25, 0.3) is 0 Å². The van der Waals surface area contributed by atoms with Crippen LogP contribution in [0.4, 0.5) is 0 Å². The fourth-order valence-electron chi connectivity index (χ4n) is 0.708. The van der Waals surface area contributed by atoms with E-state index in [0.717, 1.165) is 6.42 Å². The van der Waals surface area contributed by atoms with E-state index in [1.54, 1.807) is 0 Å². The molecule has 0 bridgehead atoms. The zero-order chi connectivity index (χ0) is 7.28. The summed E-state index contributed by atoms with van der Waals surface area (Å²) in [5.41, 5.74) is 0. The average molecular weight is 132 g/mol. The topological polar surface area (TPSA) is 29.5 Å². The molecule has 1 N–H and O–H groups in total. The highest BCUT2D eigenvalue weighted by Gasteiger charge is 2.27. The Hall–Kier alpha value is -0.0800. The van der Waals surface area contributed by atoms with E-state index in [2.05, 4.69) is 0 Å². The Morgan fingerprint density at radius 1 is 1.56 bits per heavy atom. The lowest BCUT2D eigenvalue weighted by Gasteiger charge is -2.31. The highest BCUT2D eigenvalue weighted by Crippen LogP contribution is 2.14. The molecule has 1 aliphatic rings. The first kappa shape index (κ1) is 8.92. The largest absolute Gasteiger partial charge is 0.388 e. The van der Waals surface area contributed by atoms with Crippen LogP contribution in [0.2, 0.25) is 0 Å². The fraction of sp³-hybridized carbons (Fsp3) is 1.00. The van der Waals surface area contributed by atoms with Crippen LogP contribution >= 0.6 is 0 Å². The third-order valence-corrected chi connectivity index (χ3v) is 1.31. The third-order valence-electron chi connectivity index (χ3n) is 1.31. The van der Waals surface area contributed by atoms with Crippen molar-refractivity contribution < 1.29 is 9.84 Å². The molecule has 0 amide bonds. The van der Waals surface area contributed by atoms with Gasteiger partial charge in [0.15, 0.2) is 0 Å². The van der Waals surface area contributed by atoms with Gasteiger partial charge >= 0.3 is 0 Å². The molecule has 2 nitrogen and oxygen atoms in total. The highest BCUT2D eigenvalue weighted by molar-refractivity contribution is 4.75. The van der Waals surface area contributed by atoms with E-state index in [4.69, 9.17) is 9.84 Å². The smallest absolute Gasteiger partial charge is 0.103 e. The van der Waals surface area contributed by atoms with Gasteiger partial charge in [-0.3, -0.25) is 0 Å². The number of rotatable bonds is 1. The minimum absolute atomic E-state index is 0.139. The van der Waals surface area contributed by atoms with Gasteiger partial charge in [0.1, 0.15) is 6.10 Å². The Bertz CT molecular complexity index is 61.9. The predicted octanol–water partition coefficient (Wildman–Crippen LogP) is 1.18. The molecule has 0 radical (unpaired) electrons. The Kier molecular flexibility index (Phi) is 4.72. The predicted molar refractivity (Wildman–Crippen MR) is 37.4 cm³/mol. The second kappa shape index (κ2) is 4.77. The summed E-state index contributed by atoms with van der Waals surface area (Å²) in [4.78, 5) is 0. The molecule has 2 unspecified atom stereocenters. The maximum atomic E-state index is 8.78. The summed E-state index contributed by atoms with van der Waals surface area (Å²) >= 11 is 0. The van der Waals surface area contributed by atoms with Crippen molar-refractivity contribution in [1.82, 2.24) is 0 Å². The van der Waals surface area contributed by atoms with Crippen molar-refractivity contribution in [2.45, 2.75) is 39.4 Å². The van der Waals surface area contributed by atoms with Gasteiger partial charge in [0, 0.05) is 0 Å². The van der Waals surface area contributed by atoms with E-state index in [1.807, 2.05) is 20.8 Å². The second-order valence-corrected chi connectivity index (χ2v) is 1.85. The third kappa shape index (κ3) is 2.33.